The van der Waals surface area contributed by atoms with Crippen LogP contribution in [0.1, 0.15) is 23.6 Å². The monoisotopic (exact) mass is 341 g/mol. The summed E-state index contributed by atoms with van der Waals surface area (Å²) in [6.07, 6.45) is 3.13. The third-order valence-corrected chi connectivity index (χ3v) is 5.68. The third-order valence-electron chi connectivity index (χ3n) is 4.19. The minimum atomic E-state index is -3.58. The van der Waals surface area contributed by atoms with E-state index in [1.54, 1.807) is 24.3 Å². The van der Waals surface area contributed by atoms with Gasteiger partial charge in [0.15, 0.2) is 0 Å². The van der Waals surface area contributed by atoms with Crippen molar-refractivity contribution in [3.05, 3.63) is 66.0 Å². The van der Waals surface area contributed by atoms with Crippen LogP contribution >= 0.6 is 0 Å². The lowest BCUT2D eigenvalue weighted by Gasteiger charge is -2.14. The van der Waals surface area contributed by atoms with Crippen molar-refractivity contribution in [2.24, 2.45) is 0 Å². The second-order valence-corrected chi connectivity index (χ2v) is 7.37. The summed E-state index contributed by atoms with van der Waals surface area (Å²) in [6, 6.07) is 14.2. The Bertz CT molecular complexity index is 952. The van der Waals surface area contributed by atoms with E-state index in [0.29, 0.717) is 5.69 Å². The van der Waals surface area contributed by atoms with E-state index in [4.69, 9.17) is 0 Å². The number of benzene rings is 2. The zero-order valence-corrected chi connectivity index (χ0v) is 13.5. The van der Waals surface area contributed by atoms with E-state index in [1.165, 1.54) is 16.6 Å². The van der Waals surface area contributed by atoms with E-state index in [1.807, 2.05) is 24.3 Å². The van der Waals surface area contributed by atoms with Crippen molar-refractivity contribution in [1.82, 2.24) is 24.9 Å². The fourth-order valence-electron chi connectivity index (χ4n) is 2.99. The Labute approximate surface area is 139 Å². The molecule has 0 spiro atoms. The summed E-state index contributed by atoms with van der Waals surface area (Å²) >= 11 is 0. The fourth-order valence-corrected chi connectivity index (χ4v) is 4.24. The highest BCUT2D eigenvalue weighted by atomic mass is 32.2. The summed E-state index contributed by atoms with van der Waals surface area (Å²) in [4.78, 5) is 0.226. The molecule has 1 N–H and O–H groups in total. The van der Waals surface area contributed by atoms with Crippen molar-refractivity contribution < 1.29 is 8.42 Å². The molecular formula is C16H15N5O2S. The highest BCUT2D eigenvalue weighted by Gasteiger charge is 2.27. The van der Waals surface area contributed by atoms with E-state index in [-0.39, 0.29) is 10.9 Å². The zero-order valence-electron chi connectivity index (χ0n) is 12.7. The summed E-state index contributed by atoms with van der Waals surface area (Å²) < 4.78 is 29.6. The lowest BCUT2D eigenvalue weighted by atomic mass is 10.1. The lowest BCUT2D eigenvalue weighted by Crippen LogP contribution is -2.27. The molecule has 0 aliphatic heterocycles. The summed E-state index contributed by atoms with van der Waals surface area (Å²) in [6.45, 7) is 0. The number of rotatable bonds is 4. The topological polar surface area (TPSA) is 89.8 Å². The predicted molar refractivity (Wildman–Crippen MR) is 87.0 cm³/mol. The van der Waals surface area contributed by atoms with Gasteiger partial charge in [-0.3, -0.25) is 0 Å². The Kier molecular flexibility index (Phi) is 3.62. The highest BCUT2D eigenvalue weighted by molar-refractivity contribution is 7.89. The smallest absolute Gasteiger partial charge is 0.207 e. The predicted octanol–water partition coefficient (Wildman–Crippen LogP) is 1.63. The quantitative estimate of drug-likeness (QED) is 0.779. The molecule has 1 aliphatic carbocycles. The maximum Gasteiger partial charge on any atom is 0.241 e. The van der Waals surface area contributed by atoms with E-state index in [0.717, 1.165) is 18.4 Å². The summed E-state index contributed by atoms with van der Waals surface area (Å²) in [5.41, 5.74) is 2.97. The minimum Gasteiger partial charge on any atom is -0.207 e. The normalized spacial score (nSPS) is 16.9. The van der Waals surface area contributed by atoms with Gasteiger partial charge in [-0.05, 0) is 58.7 Å². The van der Waals surface area contributed by atoms with Crippen molar-refractivity contribution in [1.29, 1.82) is 0 Å². The van der Waals surface area contributed by atoms with E-state index in [2.05, 4.69) is 20.2 Å². The molecule has 0 saturated carbocycles. The lowest BCUT2D eigenvalue weighted by molar-refractivity contribution is 0.554. The van der Waals surface area contributed by atoms with Gasteiger partial charge in [0, 0.05) is 6.04 Å². The largest absolute Gasteiger partial charge is 0.241 e. The maximum absolute atomic E-state index is 12.6. The van der Waals surface area contributed by atoms with E-state index < -0.39 is 10.0 Å². The Morgan fingerprint density at radius 3 is 2.62 bits per heavy atom. The van der Waals surface area contributed by atoms with Gasteiger partial charge in [-0.15, -0.1) is 5.10 Å². The van der Waals surface area contributed by atoms with Gasteiger partial charge < -0.3 is 0 Å². The van der Waals surface area contributed by atoms with E-state index in [9.17, 15) is 8.42 Å². The number of nitrogens with one attached hydrogen (secondary N) is 1. The number of hydrogen-bond donors (Lipinski definition) is 1. The highest BCUT2D eigenvalue weighted by Crippen LogP contribution is 2.32. The Morgan fingerprint density at radius 2 is 1.88 bits per heavy atom. The van der Waals surface area contributed by atoms with Crippen LogP contribution in [0.15, 0.2) is 59.8 Å². The number of tetrazole rings is 1. The number of aromatic nitrogens is 4. The molecule has 0 radical (unpaired) electrons. The number of fused-ring (bicyclic) bond motifs is 1. The molecule has 0 fully saturated rings. The number of nitrogens with zero attached hydrogens (tertiary/aromatic N) is 4. The van der Waals surface area contributed by atoms with Crippen molar-refractivity contribution in [2.45, 2.75) is 23.8 Å². The SMILES string of the molecule is O=S(=O)(NC1CCc2ccccc21)c1ccc(-n2cnnn2)cc1. The van der Waals surface area contributed by atoms with Crippen LogP contribution in [0.25, 0.3) is 5.69 Å². The van der Waals surface area contributed by atoms with Gasteiger partial charge in [0.25, 0.3) is 0 Å². The summed E-state index contributed by atoms with van der Waals surface area (Å²) in [5, 5.41) is 10.9. The molecule has 3 aromatic rings. The van der Waals surface area contributed by atoms with Crippen LogP contribution in [-0.2, 0) is 16.4 Å². The standard InChI is InChI=1S/C16H15N5O2S/c22-24(23,18-16-10-5-12-3-1-2-4-15(12)16)14-8-6-13(7-9-14)21-11-17-19-20-21/h1-4,6-9,11,16,18H,5,10H2. The van der Waals surface area contributed by atoms with Gasteiger partial charge in [0.2, 0.25) is 10.0 Å². The first kappa shape index (κ1) is 15.0. The first-order valence-electron chi connectivity index (χ1n) is 7.57. The molecule has 122 valence electrons. The van der Waals surface area contributed by atoms with Crippen LogP contribution in [0.5, 0.6) is 0 Å². The van der Waals surface area contributed by atoms with Crippen LogP contribution in [-0.4, -0.2) is 28.6 Å². The van der Waals surface area contributed by atoms with Gasteiger partial charge in [-0.2, -0.15) is 0 Å². The van der Waals surface area contributed by atoms with Crippen molar-refractivity contribution in [3.8, 4) is 5.69 Å². The van der Waals surface area contributed by atoms with Gasteiger partial charge >= 0.3 is 0 Å². The van der Waals surface area contributed by atoms with Crippen molar-refractivity contribution in [2.75, 3.05) is 0 Å². The fraction of sp³-hybridized carbons (Fsp3) is 0.188. The molecule has 1 aliphatic rings. The van der Waals surface area contributed by atoms with Gasteiger partial charge in [0.1, 0.15) is 6.33 Å². The van der Waals surface area contributed by atoms with Crippen molar-refractivity contribution in [3.63, 3.8) is 0 Å². The van der Waals surface area contributed by atoms with Crippen LogP contribution in [0.2, 0.25) is 0 Å². The maximum atomic E-state index is 12.6. The molecule has 24 heavy (non-hydrogen) atoms. The zero-order chi connectivity index (χ0) is 16.6. The Morgan fingerprint density at radius 1 is 1.08 bits per heavy atom. The number of aryl methyl sites for hydroxylation is 1. The van der Waals surface area contributed by atoms with Crippen molar-refractivity contribution >= 4 is 10.0 Å². The van der Waals surface area contributed by atoms with Crippen LogP contribution < -0.4 is 4.72 Å². The average molecular weight is 341 g/mol. The number of hydrogen-bond acceptors (Lipinski definition) is 5. The molecule has 0 amide bonds. The first-order valence-corrected chi connectivity index (χ1v) is 9.05. The molecule has 2 aromatic carbocycles. The van der Waals surface area contributed by atoms with Gasteiger partial charge in [0.05, 0.1) is 10.6 Å². The van der Waals surface area contributed by atoms with Gasteiger partial charge in [-0.25, -0.2) is 17.8 Å². The first-order chi connectivity index (χ1) is 11.6. The van der Waals surface area contributed by atoms with Crippen LogP contribution in [0.3, 0.4) is 0 Å². The third kappa shape index (κ3) is 2.70. The van der Waals surface area contributed by atoms with Crippen LogP contribution in [0, 0.1) is 0 Å². The molecule has 1 aromatic heterocycles. The minimum absolute atomic E-state index is 0.176. The molecule has 1 heterocycles. The molecule has 4 rings (SSSR count). The molecule has 0 bridgehead atoms. The molecule has 8 heteroatoms. The second kappa shape index (κ2) is 5.81. The average Bonchev–Trinajstić information content (AvgIpc) is 3.25. The summed E-state index contributed by atoms with van der Waals surface area (Å²) in [5.74, 6) is 0. The Hall–Kier alpha value is -2.58. The van der Waals surface area contributed by atoms with E-state index >= 15 is 0 Å². The number of sulfonamides is 1. The van der Waals surface area contributed by atoms with Gasteiger partial charge in [-0.1, -0.05) is 24.3 Å². The second-order valence-electron chi connectivity index (χ2n) is 5.66. The molecule has 0 saturated heterocycles. The molecule has 1 unspecified atom stereocenters. The van der Waals surface area contributed by atoms with Crippen LogP contribution in [0.4, 0.5) is 0 Å². The summed E-state index contributed by atoms with van der Waals surface area (Å²) in [7, 11) is -3.58. The molecular weight excluding hydrogens is 326 g/mol. The molecule has 7 nitrogen and oxygen atoms in total. The molecule has 1 atom stereocenters. The Balaban J connectivity index is 1.57.